The molecule has 1 atom stereocenters. The molecule has 0 radical (unpaired) electrons. The van der Waals surface area contributed by atoms with Crippen molar-refractivity contribution in [3.8, 4) is 0 Å². The highest BCUT2D eigenvalue weighted by Crippen LogP contribution is 2.40. The first-order valence-corrected chi connectivity index (χ1v) is 11.1. The lowest BCUT2D eigenvalue weighted by Crippen LogP contribution is -2.28. The number of hydrogen-bond acceptors (Lipinski definition) is 4. The predicted molar refractivity (Wildman–Crippen MR) is 123 cm³/mol. The molecule has 0 aliphatic carbocycles. The van der Waals surface area contributed by atoms with E-state index in [0.717, 1.165) is 33.8 Å². The number of imidazole rings is 1. The van der Waals surface area contributed by atoms with Gasteiger partial charge in [0.05, 0.1) is 17.1 Å². The highest BCUT2D eigenvalue weighted by atomic mass is 32.2. The molecule has 5 heteroatoms. The van der Waals surface area contributed by atoms with Crippen LogP contribution in [0, 0.1) is 0 Å². The van der Waals surface area contributed by atoms with Crippen molar-refractivity contribution in [3.05, 3.63) is 101 Å². The van der Waals surface area contributed by atoms with Crippen LogP contribution < -0.4 is 5.32 Å². The molecule has 1 N–H and O–H groups in total. The van der Waals surface area contributed by atoms with Crippen molar-refractivity contribution in [2.75, 3.05) is 11.6 Å². The van der Waals surface area contributed by atoms with E-state index in [1.54, 1.807) is 11.8 Å². The zero-order valence-electron chi connectivity index (χ0n) is 16.8. The van der Waals surface area contributed by atoms with E-state index in [1.807, 2.05) is 55.5 Å². The van der Waals surface area contributed by atoms with Crippen LogP contribution in [0.25, 0.3) is 11.0 Å². The summed E-state index contributed by atoms with van der Waals surface area (Å²) in [5.41, 5.74) is 5.25. The molecule has 0 fully saturated rings. The van der Waals surface area contributed by atoms with Crippen LogP contribution in [0.4, 0.5) is 5.95 Å². The molecule has 4 aromatic rings. The highest BCUT2D eigenvalue weighted by Gasteiger charge is 2.34. The van der Waals surface area contributed by atoms with E-state index >= 15 is 0 Å². The highest BCUT2D eigenvalue weighted by molar-refractivity contribution is 7.98. The van der Waals surface area contributed by atoms with Crippen LogP contribution in [-0.2, 0) is 0 Å². The Kier molecular flexibility index (Phi) is 4.68. The van der Waals surface area contributed by atoms with Crippen LogP contribution in [-0.4, -0.2) is 21.6 Å². The van der Waals surface area contributed by atoms with Gasteiger partial charge in [-0.15, -0.1) is 11.8 Å². The van der Waals surface area contributed by atoms with E-state index in [4.69, 9.17) is 4.98 Å². The van der Waals surface area contributed by atoms with Gasteiger partial charge < -0.3 is 5.32 Å². The molecule has 0 amide bonds. The van der Waals surface area contributed by atoms with Crippen molar-refractivity contribution < 1.29 is 4.79 Å². The quantitative estimate of drug-likeness (QED) is 0.334. The third-order valence-electron chi connectivity index (χ3n) is 5.54. The molecule has 1 aliphatic heterocycles. The minimum Gasteiger partial charge on any atom is -0.329 e. The number of carbonyl (C=O) groups excluding carboxylic acids is 1. The monoisotopic (exact) mass is 411 g/mol. The summed E-state index contributed by atoms with van der Waals surface area (Å²) in [6, 6.07) is 25.7. The van der Waals surface area contributed by atoms with E-state index < -0.39 is 0 Å². The molecular weight excluding hydrogens is 390 g/mol. The van der Waals surface area contributed by atoms with Gasteiger partial charge in [-0.1, -0.05) is 54.6 Å². The van der Waals surface area contributed by atoms with Gasteiger partial charge >= 0.3 is 0 Å². The lowest BCUT2D eigenvalue weighted by Gasteiger charge is -2.31. The van der Waals surface area contributed by atoms with Crippen molar-refractivity contribution in [2.45, 2.75) is 17.9 Å². The van der Waals surface area contributed by atoms with Gasteiger partial charge in [-0.05, 0) is 43.0 Å². The minimum atomic E-state index is -0.253. The lowest BCUT2D eigenvalue weighted by molar-refractivity contribution is 0.102. The minimum absolute atomic E-state index is 0.0305. The topological polar surface area (TPSA) is 46.9 Å². The van der Waals surface area contributed by atoms with Crippen LogP contribution >= 0.6 is 11.8 Å². The standard InChI is InChI=1S/C25H21N3OS/c1-16-22(24(29)18-8-4-3-5-9-18)23(17-12-14-19(30-2)15-13-17)28-21-11-7-6-10-20(21)27-25(28)26-16/h3-15,23H,1-2H3,(H,26,27)/t23-/m0/s1. The Morgan fingerprint density at radius 1 is 0.967 bits per heavy atom. The number of para-hydroxylation sites is 2. The normalized spacial score (nSPS) is 15.7. The number of ketones is 1. The van der Waals surface area contributed by atoms with Crippen molar-refractivity contribution in [3.63, 3.8) is 0 Å². The fourth-order valence-electron chi connectivity index (χ4n) is 4.10. The molecule has 0 unspecified atom stereocenters. The van der Waals surface area contributed by atoms with Gasteiger partial charge in [-0.25, -0.2) is 4.98 Å². The zero-order chi connectivity index (χ0) is 20.7. The number of aromatic nitrogens is 2. The number of hydrogen-bond donors (Lipinski definition) is 1. The second kappa shape index (κ2) is 7.50. The molecule has 1 aliphatic rings. The van der Waals surface area contributed by atoms with Gasteiger partial charge in [-0.3, -0.25) is 9.36 Å². The van der Waals surface area contributed by atoms with E-state index in [-0.39, 0.29) is 11.8 Å². The van der Waals surface area contributed by atoms with Crippen molar-refractivity contribution in [1.82, 2.24) is 9.55 Å². The molecule has 1 aromatic heterocycles. The summed E-state index contributed by atoms with van der Waals surface area (Å²) in [6.45, 7) is 1.96. The van der Waals surface area contributed by atoms with Crippen molar-refractivity contribution in [1.29, 1.82) is 0 Å². The van der Waals surface area contributed by atoms with E-state index in [9.17, 15) is 4.79 Å². The van der Waals surface area contributed by atoms with E-state index in [0.29, 0.717) is 5.56 Å². The van der Waals surface area contributed by atoms with Crippen molar-refractivity contribution in [2.24, 2.45) is 0 Å². The first kappa shape index (κ1) is 18.7. The number of anilines is 1. The maximum absolute atomic E-state index is 13.6. The molecule has 0 saturated heterocycles. The maximum Gasteiger partial charge on any atom is 0.209 e. The Morgan fingerprint density at radius 2 is 1.67 bits per heavy atom. The third kappa shape index (κ3) is 3.02. The van der Waals surface area contributed by atoms with Crippen LogP contribution in [0.3, 0.4) is 0 Å². The molecule has 30 heavy (non-hydrogen) atoms. The Morgan fingerprint density at radius 3 is 2.40 bits per heavy atom. The summed E-state index contributed by atoms with van der Waals surface area (Å²) >= 11 is 1.71. The molecule has 0 spiro atoms. The molecule has 5 rings (SSSR count). The predicted octanol–water partition coefficient (Wildman–Crippen LogP) is 5.93. The number of thioether (sulfide) groups is 1. The fourth-order valence-corrected chi connectivity index (χ4v) is 4.51. The zero-order valence-corrected chi connectivity index (χ0v) is 17.6. The number of nitrogens with zero attached hydrogens (tertiary/aromatic N) is 2. The number of Topliss-reactive ketones (excluding diaryl/α,β-unsaturated/α-hetero) is 1. The number of rotatable bonds is 4. The fraction of sp³-hybridized carbons (Fsp3) is 0.120. The number of nitrogens with one attached hydrogen (secondary N) is 1. The summed E-state index contributed by atoms with van der Waals surface area (Å²) < 4.78 is 2.15. The van der Waals surface area contributed by atoms with E-state index in [1.165, 1.54) is 4.90 Å². The molecule has 4 nitrogen and oxygen atoms in total. The van der Waals surface area contributed by atoms with Crippen LogP contribution in [0.15, 0.2) is 95.0 Å². The van der Waals surface area contributed by atoms with Gasteiger partial charge in [0.2, 0.25) is 5.95 Å². The molecule has 0 bridgehead atoms. The van der Waals surface area contributed by atoms with Gasteiger partial charge in [0.25, 0.3) is 0 Å². The molecule has 3 aromatic carbocycles. The largest absolute Gasteiger partial charge is 0.329 e. The van der Waals surface area contributed by atoms with Crippen LogP contribution in [0.1, 0.15) is 28.9 Å². The summed E-state index contributed by atoms with van der Waals surface area (Å²) in [7, 11) is 0. The summed E-state index contributed by atoms with van der Waals surface area (Å²) in [4.78, 5) is 19.6. The summed E-state index contributed by atoms with van der Waals surface area (Å²) in [5.74, 6) is 0.792. The van der Waals surface area contributed by atoms with Crippen molar-refractivity contribution >= 4 is 34.5 Å². The Balaban J connectivity index is 1.74. The summed E-state index contributed by atoms with van der Waals surface area (Å²) in [6.07, 6.45) is 2.06. The number of carbonyl (C=O) groups is 1. The Labute approximate surface area is 179 Å². The third-order valence-corrected chi connectivity index (χ3v) is 6.29. The second-order valence-corrected chi connectivity index (χ2v) is 8.21. The van der Waals surface area contributed by atoms with Gasteiger partial charge in [0, 0.05) is 21.7 Å². The SMILES string of the molecule is CSc1ccc([C@H]2C(C(=O)c3ccccc3)=C(C)Nc3nc4ccccc4n32)cc1. The number of fused-ring (bicyclic) bond motifs is 3. The molecule has 2 heterocycles. The van der Waals surface area contributed by atoms with Crippen LogP contribution in [0.2, 0.25) is 0 Å². The van der Waals surface area contributed by atoms with Gasteiger partial charge in [-0.2, -0.15) is 0 Å². The molecular formula is C25H21N3OS. The average Bonchev–Trinajstić information content (AvgIpc) is 3.16. The van der Waals surface area contributed by atoms with Gasteiger partial charge in [0.15, 0.2) is 5.78 Å². The smallest absolute Gasteiger partial charge is 0.209 e. The Hall–Kier alpha value is -3.31. The first-order chi connectivity index (χ1) is 14.7. The number of benzene rings is 3. The second-order valence-electron chi connectivity index (χ2n) is 7.33. The maximum atomic E-state index is 13.6. The first-order valence-electron chi connectivity index (χ1n) is 9.86. The summed E-state index contributed by atoms with van der Waals surface area (Å²) in [5, 5.41) is 3.38. The molecule has 148 valence electrons. The van der Waals surface area contributed by atoms with Gasteiger partial charge in [0.1, 0.15) is 0 Å². The van der Waals surface area contributed by atoms with Crippen LogP contribution in [0.5, 0.6) is 0 Å². The van der Waals surface area contributed by atoms with E-state index in [2.05, 4.69) is 46.5 Å². The molecule has 0 saturated carbocycles. The Bertz CT molecular complexity index is 1270. The average molecular weight is 412 g/mol. The lowest BCUT2D eigenvalue weighted by atomic mass is 9.89. The number of allylic oxidation sites excluding steroid dienone is 2.